The lowest BCUT2D eigenvalue weighted by atomic mass is 9.98. The standard InChI is InChI=1S/C15H22N2O2/c1-15(19)8-3-10-17(11-9-15)14(18)12-4-6-13(16-2)7-5-12/h4-7,16,19H,3,8-11H2,1-2H3. The number of aliphatic hydroxyl groups is 1. The van der Waals surface area contributed by atoms with Crippen LogP contribution in [0.3, 0.4) is 0 Å². The van der Waals surface area contributed by atoms with E-state index in [1.165, 1.54) is 0 Å². The van der Waals surface area contributed by atoms with Crippen molar-refractivity contribution in [3.05, 3.63) is 29.8 Å². The second-order valence-electron chi connectivity index (χ2n) is 5.47. The van der Waals surface area contributed by atoms with Gasteiger partial charge in [-0.25, -0.2) is 0 Å². The maximum absolute atomic E-state index is 12.4. The number of hydrogen-bond acceptors (Lipinski definition) is 3. The fraction of sp³-hybridized carbons (Fsp3) is 0.533. The fourth-order valence-corrected chi connectivity index (χ4v) is 2.43. The summed E-state index contributed by atoms with van der Waals surface area (Å²) in [5.41, 5.74) is 1.07. The average molecular weight is 262 g/mol. The normalized spacial score (nSPS) is 23.8. The first kappa shape index (κ1) is 13.9. The Balaban J connectivity index is 2.06. The summed E-state index contributed by atoms with van der Waals surface area (Å²) in [7, 11) is 1.85. The molecule has 19 heavy (non-hydrogen) atoms. The van der Waals surface area contributed by atoms with Crippen LogP contribution in [-0.2, 0) is 0 Å². The van der Waals surface area contributed by atoms with E-state index in [0.717, 1.165) is 25.1 Å². The molecule has 2 N–H and O–H groups in total. The minimum atomic E-state index is -0.634. The highest BCUT2D eigenvalue weighted by Gasteiger charge is 2.27. The van der Waals surface area contributed by atoms with Crippen molar-refractivity contribution in [1.82, 2.24) is 4.90 Å². The molecule has 1 fully saturated rings. The van der Waals surface area contributed by atoms with Gasteiger partial charge in [0.1, 0.15) is 0 Å². The van der Waals surface area contributed by atoms with Crippen LogP contribution >= 0.6 is 0 Å². The topological polar surface area (TPSA) is 52.6 Å². The molecule has 1 aliphatic rings. The van der Waals surface area contributed by atoms with Crippen LogP contribution in [0.4, 0.5) is 5.69 Å². The van der Waals surface area contributed by atoms with Crippen molar-refractivity contribution in [2.75, 3.05) is 25.5 Å². The largest absolute Gasteiger partial charge is 0.390 e. The molecule has 0 spiro atoms. The summed E-state index contributed by atoms with van der Waals surface area (Å²) < 4.78 is 0. The highest BCUT2D eigenvalue weighted by Crippen LogP contribution is 2.22. The summed E-state index contributed by atoms with van der Waals surface area (Å²) in [6.07, 6.45) is 2.26. The number of amides is 1. The number of benzene rings is 1. The van der Waals surface area contributed by atoms with E-state index in [1.54, 1.807) is 0 Å². The minimum Gasteiger partial charge on any atom is -0.390 e. The summed E-state index contributed by atoms with van der Waals surface area (Å²) in [5, 5.41) is 13.1. The van der Waals surface area contributed by atoms with Gasteiger partial charge < -0.3 is 15.3 Å². The van der Waals surface area contributed by atoms with Crippen LogP contribution in [0.15, 0.2) is 24.3 Å². The van der Waals surface area contributed by atoms with Gasteiger partial charge in [0.15, 0.2) is 0 Å². The zero-order valence-electron chi connectivity index (χ0n) is 11.6. The van der Waals surface area contributed by atoms with Crippen molar-refractivity contribution in [2.24, 2.45) is 0 Å². The lowest BCUT2D eigenvalue weighted by molar-refractivity contribution is 0.0438. The van der Waals surface area contributed by atoms with E-state index in [9.17, 15) is 9.90 Å². The summed E-state index contributed by atoms with van der Waals surface area (Å²) >= 11 is 0. The molecule has 104 valence electrons. The third-order valence-electron chi connectivity index (χ3n) is 3.77. The third kappa shape index (κ3) is 3.47. The molecule has 1 aliphatic heterocycles. The van der Waals surface area contributed by atoms with Crippen molar-refractivity contribution in [1.29, 1.82) is 0 Å². The SMILES string of the molecule is CNc1ccc(C(=O)N2CCCC(C)(O)CC2)cc1. The van der Waals surface area contributed by atoms with Crippen LogP contribution in [0.1, 0.15) is 36.5 Å². The lowest BCUT2D eigenvalue weighted by Gasteiger charge is -2.22. The molecule has 1 heterocycles. The molecule has 1 aromatic carbocycles. The Kier molecular flexibility index (Phi) is 4.10. The summed E-state index contributed by atoms with van der Waals surface area (Å²) in [6, 6.07) is 7.50. The van der Waals surface area contributed by atoms with Crippen molar-refractivity contribution in [3.63, 3.8) is 0 Å². The van der Waals surface area contributed by atoms with Crippen LogP contribution in [-0.4, -0.2) is 41.7 Å². The van der Waals surface area contributed by atoms with Gasteiger partial charge in [-0.3, -0.25) is 4.79 Å². The molecule has 4 heteroatoms. The number of anilines is 1. The van der Waals surface area contributed by atoms with Gasteiger partial charge in [0, 0.05) is 31.4 Å². The van der Waals surface area contributed by atoms with E-state index in [1.807, 2.05) is 43.1 Å². The zero-order valence-corrected chi connectivity index (χ0v) is 11.6. The third-order valence-corrected chi connectivity index (χ3v) is 3.77. The maximum Gasteiger partial charge on any atom is 0.253 e. The monoisotopic (exact) mass is 262 g/mol. The minimum absolute atomic E-state index is 0.0559. The Morgan fingerprint density at radius 3 is 2.58 bits per heavy atom. The average Bonchev–Trinajstić information content (AvgIpc) is 2.59. The smallest absolute Gasteiger partial charge is 0.253 e. The molecule has 0 aromatic heterocycles. The lowest BCUT2D eigenvalue weighted by Crippen LogP contribution is -2.33. The van der Waals surface area contributed by atoms with Crippen LogP contribution in [0, 0.1) is 0 Å². The number of carbonyl (C=O) groups excluding carboxylic acids is 1. The predicted molar refractivity (Wildman–Crippen MR) is 76.4 cm³/mol. The molecule has 1 amide bonds. The summed E-state index contributed by atoms with van der Waals surface area (Å²) in [5.74, 6) is 0.0559. The van der Waals surface area contributed by atoms with Crippen LogP contribution in [0.5, 0.6) is 0 Å². The molecule has 4 nitrogen and oxygen atoms in total. The number of likely N-dealkylation sites (tertiary alicyclic amines) is 1. The highest BCUT2D eigenvalue weighted by atomic mass is 16.3. The van der Waals surface area contributed by atoms with E-state index in [4.69, 9.17) is 0 Å². The molecule has 0 aliphatic carbocycles. The summed E-state index contributed by atoms with van der Waals surface area (Å²) in [4.78, 5) is 14.2. The molecule has 0 bridgehead atoms. The van der Waals surface area contributed by atoms with Gasteiger partial charge >= 0.3 is 0 Å². The Morgan fingerprint density at radius 1 is 1.26 bits per heavy atom. The van der Waals surface area contributed by atoms with Gasteiger partial charge in [0.2, 0.25) is 0 Å². The van der Waals surface area contributed by atoms with Gasteiger partial charge in [-0.2, -0.15) is 0 Å². The number of hydrogen-bond donors (Lipinski definition) is 2. The molecular weight excluding hydrogens is 240 g/mol. The Labute approximate surface area is 114 Å². The van der Waals surface area contributed by atoms with Gasteiger partial charge in [-0.05, 0) is 50.5 Å². The van der Waals surface area contributed by atoms with Crippen molar-refractivity contribution in [2.45, 2.75) is 31.8 Å². The van der Waals surface area contributed by atoms with Gasteiger partial charge in [0.05, 0.1) is 5.60 Å². The molecule has 0 saturated carbocycles. The fourth-order valence-electron chi connectivity index (χ4n) is 2.43. The molecular formula is C15H22N2O2. The van der Waals surface area contributed by atoms with Crippen LogP contribution in [0.25, 0.3) is 0 Å². The van der Waals surface area contributed by atoms with E-state index in [2.05, 4.69) is 5.32 Å². The first-order valence-corrected chi connectivity index (χ1v) is 6.81. The Hall–Kier alpha value is -1.55. The Morgan fingerprint density at radius 2 is 1.95 bits per heavy atom. The first-order valence-electron chi connectivity index (χ1n) is 6.81. The van der Waals surface area contributed by atoms with Gasteiger partial charge in [0.25, 0.3) is 5.91 Å². The molecule has 1 unspecified atom stereocenters. The Bertz CT molecular complexity index is 440. The van der Waals surface area contributed by atoms with Crippen molar-refractivity contribution < 1.29 is 9.90 Å². The number of nitrogens with zero attached hydrogens (tertiary/aromatic N) is 1. The second-order valence-corrected chi connectivity index (χ2v) is 5.47. The maximum atomic E-state index is 12.4. The second kappa shape index (κ2) is 5.61. The van der Waals surface area contributed by atoms with E-state index >= 15 is 0 Å². The van der Waals surface area contributed by atoms with Crippen LogP contribution < -0.4 is 5.32 Å². The van der Waals surface area contributed by atoms with E-state index in [0.29, 0.717) is 18.5 Å². The highest BCUT2D eigenvalue weighted by molar-refractivity contribution is 5.94. The number of rotatable bonds is 2. The number of nitrogens with one attached hydrogen (secondary N) is 1. The zero-order chi connectivity index (χ0) is 13.9. The van der Waals surface area contributed by atoms with Gasteiger partial charge in [-0.15, -0.1) is 0 Å². The van der Waals surface area contributed by atoms with Gasteiger partial charge in [-0.1, -0.05) is 0 Å². The van der Waals surface area contributed by atoms with Crippen molar-refractivity contribution >= 4 is 11.6 Å². The molecule has 2 rings (SSSR count). The van der Waals surface area contributed by atoms with Crippen LogP contribution in [0.2, 0.25) is 0 Å². The predicted octanol–water partition coefficient (Wildman–Crippen LogP) is 2.11. The quantitative estimate of drug-likeness (QED) is 0.858. The van der Waals surface area contributed by atoms with E-state index < -0.39 is 5.60 Å². The molecule has 1 saturated heterocycles. The first-order chi connectivity index (χ1) is 9.02. The number of carbonyl (C=O) groups is 1. The molecule has 1 aromatic rings. The molecule has 0 radical (unpaired) electrons. The van der Waals surface area contributed by atoms with E-state index in [-0.39, 0.29) is 5.91 Å². The molecule has 1 atom stereocenters. The van der Waals surface area contributed by atoms with Crippen molar-refractivity contribution in [3.8, 4) is 0 Å². The summed E-state index contributed by atoms with van der Waals surface area (Å²) in [6.45, 7) is 3.20.